The summed E-state index contributed by atoms with van der Waals surface area (Å²) < 4.78 is 0.943. The lowest BCUT2D eigenvalue weighted by Crippen LogP contribution is -2.41. The van der Waals surface area contributed by atoms with Gasteiger partial charge in [0, 0.05) is 15.7 Å². The molecule has 1 unspecified atom stereocenters. The monoisotopic (exact) mass is 442 g/mol. The van der Waals surface area contributed by atoms with Crippen molar-refractivity contribution in [3.8, 4) is 0 Å². The van der Waals surface area contributed by atoms with Crippen LogP contribution in [0.3, 0.4) is 0 Å². The van der Waals surface area contributed by atoms with Gasteiger partial charge >= 0.3 is 0 Å². The molecule has 4 rings (SSSR count). The molecule has 2 amide bonds. The number of amides is 2. The van der Waals surface area contributed by atoms with Crippen molar-refractivity contribution in [3.05, 3.63) is 58.6 Å². The summed E-state index contributed by atoms with van der Waals surface area (Å²) >= 11 is 4.59. The average Bonchev–Trinajstić information content (AvgIpc) is 2.97. The van der Waals surface area contributed by atoms with Crippen molar-refractivity contribution >= 4 is 61.9 Å². The molecule has 0 fully saturated rings. The number of rotatable bonds is 3. The van der Waals surface area contributed by atoms with Crippen LogP contribution in [0, 0.1) is 0 Å². The molecule has 2 heterocycles. The number of amidine groups is 2. The minimum atomic E-state index is -0.450. The molecule has 1 N–H and O–H groups in total. The van der Waals surface area contributed by atoms with Gasteiger partial charge in [-0.2, -0.15) is 0 Å². The Kier molecular flexibility index (Phi) is 4.84. The van der Waals surface area contributed by atoms with Crippen molar-refractivity contribution in [2.45, 2.75) is 13.0 Å². The summed E-state index contributed by atoms with van der Waals surface area (Å²) in [6, 6.07) is 14.5. The van der Waals surface area contributed by atoms with E-state index in [9.17, 15) is 9.59 Å². The predicted octanol–water partition coefficient (Wildman–Crippen LogP) is 3.80. The summed E-state index contributed by atoms with van der Waals surface area (Å²) in [5.41, 5.74) is 2.30. The zero-order valence-electron chi connectivity index (χ0n) is 14.3. The minimum absolute atomic E-state index is 0.126. The second-order valence-corrected chi connectivity index (χ2v) is 7.92. The van der Waals surface area contributed by atoms with Gasteiger partial charge in [0.2, 0.25) is 5.91 Å². The fraction of sp³-hybridized carbons (Fsp3) is 0.158. The first kappa shape index (κ1) is 17.9. The number of thioether (sulfide) groups is 1. The smallest absolute Gasteiger partial charge is 0.258 e. The first-order valence-electron chi connectivity index (χ1n) is 8.31. The zero-order chi connectivity index (χ0) is 19.0. The van der Waals surface area contributed by atoms with Crippen molar-refractivity contribution in [1.29, 1.82) is 0 Å². The van der Waals surface area contributed by atoms with E-state index in [0.29, 0.717) is 16.7 Å². The Bertz CT molecular complexity index is 987. The van der Waals surface area contributed by atoms with Crippen LogP contribution < -0.4 is 5.32 Å². The van der Waals surface area contributed by atoms with Crippen LogP contribution in [-0.4, -0.2) is 39.5 Å². The van der Waals surface area contributed by atoms with Crippen LogP contribution in [0.5, 0.6) is 0 Å². The number of para-hydroxylation sites is 1. The second kappa shape index (κ2) is 7.28. The number of benzene rings is 2. The van der Waals surface area contributed by atoms with Gasteiger partial charge in [0.1, 0.15) is 11.9 Å². The van der Waals surface area contributed by atoms with E-state index in [1.165, 1.54) is 16.7 Å². The molecule has 0 bridgehead atoms. The molecular weight excluding hydrogens is 428 g/mol. The molecular formula is C19H15BrN4O2S. The highest BCUT2D eigenvalue weighted by atomic mass is 79.9. The van der Waals surface area contributed by atoms with Crippen molar-refractivity contribution in [3.63, 3.8) is 0 Å². The second-order valence-electron chi connectivity index (χ2n) is 6.06. The third-order valence-corrected chi connectivity index (χ3v) is 5.59. The summed E-state index contributed by atoms with van der Waals surface area (Å²) in [5.74, 6) is 0.456. The lowest BCUT2D eigenvalue weighted by Gasteiger charge is -2.25. The highest BCUT2D eigenvalue weighted by Gasteiger charge is 2.39. The van der Waals surface area contributed by atoms with Gasteiger partial charge in [0.25, 0.3) is 5.91 Å². The first-order chi connectivity index (χ1) is 13.0. The third kappa shape index (κ3) is 3.54. The predicted molar refractivity (Wildman–Crippen MR) is 112 cm³/mol. The number of nitrogens with zero attached hydrogens (tertiary/aromatic N) is 3. The molecule has 6 nitrogen and oxygen atoms in total. The SMILES string of the molecule is CC1N=C2c3ccccc3N=C(SCC(=O)Nc3ccc(Br)cc3)N2C1=O. The Labute approximate surface area is 168 Å². The van der Waals surface area contributed by atoms with Gasteiger partial charge in [0.15, 0.2) is 5.17 Å². The molecule has 0 spiro atoms. The van der Waals surface area contributed by atoms with Crippen LogP contribution in [0.4, 0.5) is 11.4 Å². The van der Waals surface area contributed by atoms with E-state index >= 15 is 0 Å². The summed E-state index contributed by atoms with van der Waals surface area (Å²) in [6.45, 7) is 1.76. The third-order valence-electron chi connectivity index (χ3n) is 4.12. The van der Waals surface area contributed by atoms with Crippen LogP contribution in [0.1, 0.15) is 12.5 Å². The molecule has 0 radical (unpaired) electrons. The van der Waals surface area contributed by atoms with Crippen LogP contribution in [0.15, 0.2) is 63.0 Å². The van der Waals surface area contributed by atoms with E-state index in [-0.39, 0.29) is 17.6 Å². The largest absolute Gasteiger partial charge is 0.325 e. The fourth-order valence-electron chi connectivity index (χ4n) is 2.83. The van der Waals surface area contributed by atoms with Crippen molar-refractivity contribution in [2.75, 3.05) is 11.1 Å². The van der Waals surface area contributed by atoms with E-state index < -0.39 is 6.04 Å². The van der Waals surface area contributed by atoms with Gasteiger partial charge < -0.3 is 5.32 Å². The minimum Gasteiger partial charge on any atom is -0.325 e. The summed E-state index contributed by atoms with van der Waals surface area (Å²) in [6.07, 6.45) is 0. The Morgan fingerprint density at radius 3 is 2.74 bits per heavy atom. The van der Waals surface area contributed by atoms with E-state index in [1.807, 2.05) is 48.5 Å². The van der Waals surface area contributed by atoms with Gasteiger partial charge in [-0.25, -0.2) is 9.89 Å². The maximum atomic E-state index is 12.5. The van der Waals surface area contributed by atoms with Crippen LogP contribution in [0.25, 0.3) is 0 Å². The molecule has 0 aromatic heterocycles. The highest BCUT2D eigenvalue weighted by Crippen LogP contribution is 2.33. The number of aliphatic imine (C=N–C) groups is 2. The van der Waals surface area contributed by atoms with Crippen molar-refractivity contribution < 1.29 is 9.59 Å². The quantitative estimate of drug-likeness (QED) is 0.785. The summed E-state index contributed by atoms with van der Waals surface area (Å²) in [4.78, 5) is 35.4. The zero-order valence-corrected chi connectivity index (χ0v) is 16.8. The molecule has 27 heavy (non-hydrogen) atoms. The Balaban J connectivity index is 1.52. The van der Waals surface area contributed by atoms with Gasteiger partial charge in [-0.1, -0.05) is 39.8 Å². The number of anilines is 1. The van der Waals surface area contributed by atoms with Crippen LogP contribution in [-0.2, 0) is 9.59 Å². The molecule has 0 aliphatic carbocycles. The molecule has 1 atom stereocenters. The fourth-order valence-corrected chi connectivity index (χ4v) is 3.90. The molecule has 136 valence electrons. The van der Waals surface area contributed by atoms with Crippen LogP contribution >= 0.6 is 27.7 Å². The topological polar surface area (TPSA) is 74.1 Å². The molecule has 0 saturated heterocycles. The van der Waals surface area contributed by atoms with Gasteiger partial charge in [-0.05, 0) is 43.3 Å². The number of hydrogen-bond acceptors (Lipinski definition) is 5. The summed E-state index contributed by atoms with van der Waals surface area (Å²) in [7, 11) is 0. The lowest BCUT2D eigenvalue weighted by molar-refractivity contribution is -0.124. The van der Waals surface area contributed by atoms with E-state index in [4.69, 9.17) is 0 Å². The molecule has 8 heteroatoms. The average molecular weight is 443 g/mol. The van der Waals surface area contributed by atoms with Gasteiger partial charge in [-0.15, -0.1) is 0 Å². The van der Waals surface area contributed by atoms with Gasteiger partial charge in [0.05, 0.1) is 11.4 Å². The highest BCUT2D eigenvalue weighted by molar-refractivity contribution is 9.10. The van der Waals surface area contributed by atoms with Crippen molar-refractivity contribution in [1.82, 2.24) is 4.90 Å². The normalized spacial score (nSPS) is 17.8. The number of nitrogens with one attached hydrogen (secondary N) is 1. The molecule has 2 aliphatic heterocycles. The number of halogens is 1. The van der Waals surface area contributed by atoms with E-state index in [2.05, 4.69) is 31.2 Å². The molecule has 2 aromatic rings. The molecule has 2 aromatic carbocycles. The van der Waals surface area contributed by atoms with E-state index in [1.54, 1.807) is 6.92 Å². The molecule has 2 aliphatic rings. The number of fused-ring (bicyclic) bond motifs is 3. The van der Waals surface area contributed by atoms with Gasteiger partial charge in [-0.3, -0.25) is 14.6 Å². The number of hydrogen-bond donors (Lipinski definition) is 1. The standard InChI is InChI=1S/C19H15BrN4O2S/c1-11-18(26)24-17(21-11)14-4-2-3-5-15(14)23-19(24)27-10-16(25)22-13-8-6-12(20)7-9-13/h2-9,11H,10H2,1H3,(H,22,25). The Morgan fingerprint density at radius 1 is 1.22 bits per heavy atom. The van der Waals surface area contributed by atoms with Crippen molar-refractivity contribution in [2.24, 2.45) is 9.98 Å². The number of carbonyl (C=O) groups excluding carboxylic acids is 2. The Hall–Kier alpha value is -2.45. The first-order valence-corrected chi connectivity index (χ1v) is 10.1. The van der Waals surface area contributed by atoms with E-state index in [0.717, 1.165) is 15.7 Å². The molecule has 0 saturated carbocycles. The lowest BCUT2D eigenvalue weighted by atomic mass is 10.1. The Morgan fingerprint density at radius 2 is 1.96 bits per heavy atom. The summed E-state index contributed by atoms with van der Waals surface area (Å²) in [5, 5.41) is 3.32. The maximum Gasteiger partial charge on any atom is 0.258 e. The van der Waals surface area contributed by atoms with Crippen LogP contribution in [0.2, 0.25) is 0 Å². The maximum absolute atomic E-state index is 12.5. The number of carbonyl (C=O) groups is 2.